The molecule has 5 heteroatoms. The molecule has 0 amide bonds. The fourth-order valence-electron chi connectivity index (χ4n) is 1.19. The molecule has 0 saturated heterocycles. The van der Waals surface area contributed by atoms with Crippen molar-refractivity contribution < 1.29 is 5.11 Å². The molecule has 0 aliphatic rings. The van der Waals surface area contributed by atoms with Crippen LogP contribution < -0.4 is 5.32 Å². The zero-order valence-corrected chi connectivity index (χ0v) is 10.4. The van der Waals surface area contributed by atoms with E-state index in [4.69, 9.17) is 5.26 Å². The average Bonchev–Trinajstić information content (AvgIpc) is 2.30. The number of aliphatic hydroxyl groups is 1. The molecule has 0 aliphatic carbocycles. The van der Waals surface area contributed by atoms with Crippen LogP contribution >= 0.6 is 11.8 Å². The number of aliphatic hydroxyl groups excluding tert-OH is 1. The van der Waals surface area contributed by atoms with Gasteiger partial charge in [-0.15, -0.1) is 0 Å². The van der Waals surface area contributed by atoms with E-state index in [0.29, 0.717) is 11.7 Å². The standard InChI is InChI=1S/C10H19N3OS/c1-4-10(5-2,7-14)6-12-9(15-3)13-8-11/h14H,4-7H2,1-3H3,(H,12,13). The molecule has 0 spiro atoms. The van der Waals surface area contributed by atoms with E-state index in [0.717, 1.165) is 12.8 Å². The monoisotopic (exact) mass is 229 g/mol. The van der Waals surface area contributed by atoms with Crippen LogP contribution in [0.1, 0.15) is 26.7 Å². The first-order valence-electron chi connectivity index (χ1n) is 5.02. The van der Waals surface area contributed by atoms with Gasteiger partial charge in [0.25, 0.3) is 0 Å². The predicted molar refractivity (Wildman–Crippen MR) is 64.7 cm³/mol. The van der Waals surface area contributed by atoms with Crippen molar-refractivity contribution in [3.8, 4) is 6.19 Å². The predicted octanol–water partition coefficient (Wildman–Crippen LogP) is 1.57. The molecule has 0 rings (SSSR count). The van der Waals surface area contributed by atoms with Gasteiger partial charge in [0.05, 0.1) is 6.61 Å². The molecule has 0 aliphatic heterocycles. The van der Waals surface area contributed by atoms with Crippen molar-refractivity contribution in [2.24, 2.45) is 10.4 Å². The van der Waals surface area contributed by atoms with Gasteiger partial charge in [0.15, 0.2) is 11.4 Å². The van der Waals surface area contributed by atoms with Crippen molar-refractivity contribution in [3.05, 3.63) is 0 Å². The van der Waals surface area contributed by atoms with Crippen LogP contribution in [0.3, 0.4) is 0 Å². The summed E-state index contributed by atoms with van der Waals surface area (Å²) in [5.41, 5.74) is -0.141. The molecule has 4 nitrogen and oxygen atoms in total. The molecule has 0 radical (unpaired) electrons. The minimum absolute atomic E-state index is 0.137. The molecular formula is C10H19N3OS. The Morgan fingerprint density at radius 2 is 2.13 bits per heavy atom. The van der Waals surface area contributed by atoms with Crippen LogP contribution in [0.25, 0.3) is 0 Å². The third-order valence-corrected chi connectivity index (χ3v) is 3.37. The fraction of sp³-hybridized carbons (Fsp3) is 0.800. The van der Waals surface area contributed by atoms with Crippen LogP contribution in [0.15, 0.2) is 4.99 Å². The maximum absolute atomic E-state index is 9.33. The van der Waals surface area contributed by atoms with Gasteiger partial charge in [-0.2, -0.15) is 5.26 Å². The Kier molecular flexibility index (Phi) is 7.18. The first-order chi connectivity index (χ1) is 7.17. The van der Waals surface area contributed by atoms with Crippen LogP contribution in [-0.2, 0) is 0 Å². The topological polar surface area (TPSA) is 68.4 Å². The summed E-state index contributed by atoms with van der Waals surface area (Å²) in [6.45, 7) is 4.79. The highest BCUT2D eigenvalue weighted by molar-refractivity contribution is 8.13. The lowest BCUT2D eigenvalue weighted by Gasteiger charge is -2.27. The molecule has 0 unspecified atom stereocenters. The first kappa shape index (κ1) is 14.3. The smallest absolute Gasteiger partial charge is 0.183 e. The average molecular weight is 229 g/mol. The Hall–Kier alpha value is -0.730. The summed E-state index contributed by atoms with van der Waals surface area (Å²) in [5, 5.41) is 20.9. The van der Waals surface area contributed by atoms with Crippen LogP contribution in [0.5, 0.6) is 0 Å². The van der Waals surface area contributed by atoms with Gasteiger partial charge < -0.3 is 5.11 Å². The molecule has 0 aromatic rings. The molecule has 0 saturated carbocycles. The Morgan fingerprint density at radius 3 is 2.47 bits per heavy atom. The maximum atomic E-state index is 9.33. The van der Waals surface area contributed by atoms with Crippen molar-refractivity contribution in [3.63, 3.8) is 0 Å². The van der Waals surface area contributed by atoms with Gasteiger partial charge in [0.1, 0.15) is 0 Å². The number of nitrogens with one attached hydrogen (secondary N) is 1. The van der Waals surface area contributed by atoms with E-state index < -0.39 is 0 Å². The Morgan fingerprint density at radius 1 is 1.53 bits per heavy atom. The van der Waals surface area contributed by atoms with Crippen molar-refractivity contribution >= 4 is 16.9 Å². The lowest BCUT2D eigenvalue weighted by molar-refractivity contribution is 0.123. The molecule has 0 bridgehead atoms. The van der Waals surface area contributed by atoms with Crippen LogP contribution in [0, 0.1) is 16.9 Å². The number of amidine groups is 1. The summed E-state index contributed by atoms with van der Waals surface area (Å²) in [5.74, 6) is 0. The zero-order valence-electron chi connectivity index (χ0n) is 9.58. The van der Waals surface area contributed by atoms with Gasteiger partial charge in [0, 0.05) is 12.0 Å². The number of nitriles is 1. The number of nitrogens with zero attached hydrogens (tertiary/aromatic N) is 2. The Balaban J connectivity index is 4.48. The van der Waals surface area contributed by atoms with E-state index in [1.54, 1.807) is 0 Å². The third-order valence-electron chi connectivity index (χ3n) is 2.75. The second-order valence-corrected chi connectivity index (χ2v) is 4.22. The van der Waals surface area contributed by atoms with Crippen molar-refractivity contribution in [2.45, 2.75) is 26.7 Å². The highest BCUT2D eigenvalue weighted by Gasteiger charge is 2.24. The summed E-state index contributed by atoms with van der Waals surface area (Å²) in [6, 6.07) is 0. The fourth-order valence-corrected chi connectivity index (χ4v) is 1.53. The first-order valence-corrected chi connectivity index (χ1v) is 6.25. The van der Waals surface area contributed by atoms with E-state index in [-0.39, 0.29) is 12.0 Å². The lowest BCUT2D eigenvalue weighted by Crippen LogP contribution is -2.28. The Bertz CT molecular complexity index is 235. The SMILES string of the molecule is CCC(CC)(CO)CN=C(NC#N)SC. The number of thioether (sulfide) groups is 1. The molecule has 0 aromatic heterocycles. The lowest BCUT2D eigenvalue weighted by atomic mass is 9.83. The molecule has 2 N–H and O–H groups in total. The quantitative estimate of drug-likeness (QED) is 0.325. The minimum atomic E-state index is -0.141. The number of aliphatic imine (C=N–C) groups is 1. The van der Waals surface area contributed by atoms with E-state index >= 15 is 0 Å². The van der Waals surface area contributed by atoms with Crippen LogP contribution in [0.4, 0.5) is 0 Å². The normalized spacial score (nSPS) is 12.3. The second-order valence-electron chi connectivity index (χ2n) is 3.43. The third kappa shape index (κ3) is 4.54. The van der Waals surface area contributed by atoms with Crippen LogP contribution in [0.2, 0.25) is 0 Å². The van der Waals surface area contributed by atoms with Gasteiger partial charge in [-0.25, -0.2) is 0 Å². The van der Waals surface area contributed by atoms with E-state index in [9.17, 15) is 5.11 Å². The largest absolute Gasteiger partial charge is 0.396 e. The van der Waals surface area contributed by atoms with Gasteiger partial charge in [-0.05, 0) is 19.1 Å². The molecule has 15 heavy (non-hydrogen) atoms. The Labute approximate surface area is 95.8 Å². The summed E-state index contributed by atoms with van der Waals surface area (Å²) < 4.78 is 0. The van der Waals surface area contributed by atoms with Gasteiger partial charge in [-0.1, -0.05) is 25.6 Å². The van der Waals surface area contributed by atoms with Crippen LogP contribution in [-0.4, -0.2) is 29.7 Å². The number of rotatable bonds is 5. The highest BCUT2D eigenvalue weighted by Crippen LogP contribution is 2.26. The summed E-state index contributed by atoms with van der Waals surface area (Å²) in [4.78, 5) is 4.30. The van der Waals surface area contributed by atoms with E-state index in [1.807, 2.05) is 26.3 Å². The summed E-state index contributed by atoms with van der Waals surface area (Å²) in [7, 11) is 0. The molecule has 86 valence electrons. The van der Waals surface area contributed by atoms with Gasteiger partial charge in [-0.3, -0.25) is 10.3 Å². The maximum Gasteiger partial charge on any atom is 0.183 e. The molecule has 0 fully saturated rings. The van der Waals surface area contributed by atoms with Gasteiger partial charge >= 0.3 is 0 Å². The summed E-state index contributed by atoms with van der Waals surface area (Å²) >= 11 is 1.40. The second kappa shape index (κ2) is 7.55. The van der Waals surface area contributed by atoms with Crippen molar-refractivity contribution in [1.29, 1.82) is 5.26 Å². The van der Waals surface area contributed by atoms with Gasteiger partial charge in [0.2, 0.25) is 0 Å². The highest BCUT2D eigenvalue weighted by atomic mass is 32.2. The minimum Gasteiger partial charge on any atom is -0.396 e. The van der Waals surface area contributed by atoms with E-state index in [2.05, 4.69) is 10.3 Å². The summed E-state index contributed by atoms with van der Waals surface area (Å²) in [6.07, 6.45) is 5.48. The van der Waals surface area contributed by atoms with E-state index in [1.165, 1.54) is 11.8 Å². The zero-order chi connectivity index (χ0) is 11.7. The molecule has 0 aromatic carbocycles. The number of hydrogen-bond acceptors (Lipinski definition) is 4. The molecular weight excluding hydrogens is 210 g/mol. The molecule has 0 heterocycles. The van der Waals surface area contributed by atoms with Crippen molar-refractivity contribution in [1.82, 2.24) is 5.32 Å². The van der Waals surface area contributed by atoms with Crippen molar-refractivity contribution in [2.75, 3.05) is 19.4 Å². The number of hydrogen-bond donors (Lipinski definition) is 2. The molecule has 0 atom stereocenters.